The van der Waals surface area contributed by atoms with E-state index in [0.717, 1.165) is 66.3 Å². The van der Waals surface area contributed by atoms with Crippen LogP contribution >= 0.6 is 0 Å². The van der Waals surface area contributed by atoms with Crippen LogP contribution < -0.4 is 4.90 Å². The van der Waals surface area contributed by atoms with Crippen LogP contribution in [0, 0.1) is 0 Å². The first-order valence-corrected chi connectivity index (χ1v) is 17.2. The summed E-state index contributed by atoms with van der Waals surface area (Å²) >= 11 is 0. The zero-order valence-electron chi connectivity index (χ0n) is 31.8. The van der Waals surface area contributed by atoms with Crippen LogP contribution in [-0.2, 0) is 0 Å². The van der Waals surface area contributed by atoms with Gasteiger partial charge in [0.05, 0.1) is 11.2 Å². The van der Waals surface area contributed by atoms with Gasteiger partial charge in [-0.3, -0.25) is 0 Å². The first-order chi connectivity index (χ1) is 27.0. The highest BCUT2D eigenvalue weighted by atomic mass is 15.1. The molecular formula is C50H35N. The summed E-state index contributed by atoms with van der Waals surface area (Å²) in [6, 6.07) is 62.7. The normalized spacial score (nSPS) is 12.2. The van der Waals surface area contributed by atoms with Crippen LogP contribution in [-0.4, -0.2) is 0 Å². The second kappa shape index (κ2) is 13.3. The number of hydrogen-bond donors (Lipinski definition) is 0. The highest BCUT2D eigenvalue weighted by molar-refractivity contribution is 6.00. The predicted octanol–water partition coefficient (Wildman–Crippen LogP) is 14.1. The van der Waals surface area contributed by atoms with Gasteiger partial charge >= 0.3 is 0 Å². The smallest absolute Gasteiger partial charge is 0.0645 e. The lowest BCUT2D eigenvalue weighted by Crippen LogP contribution is -2.10. The first kappa shape index (κ1) is 26.2. The minimum Gasteiger partial charge on any atom is -0.310 e. The maximum atomic E-state index is 9.54. The number of anilines is 3. The SMILES string of the molecule is [2H]c1c([2H])c(N(c2ccc(-c3cccc(-c4ccccc4)c3)cc2)c2cccc3ccccc23)c([2H])c([2H])c1-c1cccc(-c2cccc3ccccc23)c1. The molecule has 0 saturated carbocycles. The van der Waals surface area contributed by atoms with Crippen molar-refractivity contribution in [3.8, 4) is 44.5 Å². The number of fused-ring (bicyclic) bond motifs is 2. The highest BCUT2D eigenvalue weighted by Crippen LogP contribution is 2.41. The van der Waals surface area contributed by atoms with Crippen LogP contribution in [0.5, 0.6) is 0 Å². The van der Waals surface area contributed by atoms with Gasteiger partial charge in [-0.2, -0.15) is 0 Å². The molecule has 0 N–H and O–H groups in total. The summed E-state index contributed by atoms with van der Waals surface area (Å²) < 4.78 is 37.9. The van der Waals surface area contributed by atoms with Crippen molar-refractivity contribution >= 4 is 38.6 Å². The van der Waals surface area contributed by atoms with E-state index < -0.39 is 0 Å². The molecule has 1 nitrogen and oxygen atoms in total. The van der Waals surface area contributed by atoms with Crippen LogP contribution in [0.15, 0.2) is 212 Å². The molecule has 0 saturated heterocycles. The fourth-order valence-corrected chi connectivity index (χ4v) is 6.99. The van der Waals surface area contributed by atoms with Gasteiger partial charge in [0.25, 0.3) is 0 Å². The van der Waals surface area contributed by atoms with Gasteiger partial charge in [0.2, 0.25) is 0 Å². The third-order valence-electron chi connectivity index (χ3n) is 9.52. The highest BCUT2D eigenvalue weighted by Gasteiger charge is 2.16. The number of nitrogens with zero attached hydrogens (tertiary/aromatic N) is 1. The Labute approximate surface area is 305 Å². The van der Waals surface area contributed by atoms with E-state index in [1.807, 2.05) is 120 Å². The van der Waals surface area contributed by atoms with E-state index in [4.69, 9.17) is 0 Å². The second-order valence-corrected chi connectivity index (χ2v) is 12.7. The molecule has 9 aromatic carbocycles. The van der Waals surface area contributed by atoms with Gasteiger partial charge in [0.1, 0.15) is 0 Å². The van der Waals surface area contributed by atoms with E-state index in [1.165, 1.54) is 0 Å². The van der Waals surface area contributed by atoms with Crippen LogP contribution in [0.2, 0.25) is 0 Å². The Kier molecular flexibility index (Phi) is 6.84. The molecule has 0 radical (unpaired) electrons. The van der Waals surface area contributed by atoms with Crippen LogP contribution in [0.3, 0.4) is 0 Å². The average Bonchev–Trinajstić information content (AvgIpc) is 3.25. The standard InChI is InChI=1S/C50H35N/c1-2-12-36(13-3-1)41-18-8-19-42(34-41)37-26-30-45(31-27-37)51(50-25-11-17-40-15-5-7-23-49(40)50)46-32-28-38(29-33-46)43-20-9-21-44(35-43)48-24-10-16-39-14-4-6-22-47(39)48/h1-35H/i28D,29D,32D,33D. The van der Waals surface area contributed by atoms with Crippen molar-refractivity contribution in [2.45, 2.75) is 0 Å². The van der Waals surface area contributed by atoms with E-state index in [-0.39, 0.29) is 35.4 Å². The van der Waals surface area contributed by atoms with Crippen LogP contribution in [0.25, 0.3) is 66.1 Å². The molecule has 240 valence electrons. The maximum absolute atomic E-state index is 9.54. The number of hydrogen-bond acceptors (Lipinski definition) is 1. The Morgan fingerprint density at radius 3 is 1.53 bits per heavy atom. The zero-order valence-corrected chi connectivity index (χ0v) is 27.8. The van der Waals surface area contributed by atoms with Gasteiger partial charge in [0.15, 0.2) is 0 Å². The third-order valence-corrected chi connectivity index (χ3v) is 9.52. The van der Waals surface area contributed by atoms with Crippen molar-refractivity contribution in [1.82, 2.24) is 0 Å². The molecule has 51 heavy (non-hydrogen) atoms. The van der Waals surface area contributed by atoms with Crippen molar-refractivity contribution in [1.29, 1.82) is 0 Å². The van der Waals surface area contributed by atoms with E-state index >= 15 is 0 Å². The molecule has 0 heterocycles. The molecule has 0 fully saturated rings. The van der Waals surface area contributed by atoms with Crippen molar-refractivity contribution in [3.05, 3.63) is 212 Å². The van der Waals surface area contributed by atoms with Gasteiger partial charge in [0, 0.05) is 16.8 Å². The van der Waals surface area contributed by atoms with Gasteiger partial charge in [-0.1, -0.05) is 170 Å². The minimum atomic E-state index is -0.112. The Morgan fingerprint density at radius 2 is 0.804 bits per heavy atom. The molecule has 1 heteroatoms. The number of rotatable bonds is 7. The molecule has 0 amide bonds. The fourth-order valence-electron chi connectivity index (χ4n) is 6.99. The molecular weight excluding hydrogens is 615 g/mol. The topological polar surface area (TPSA) is 3.24 Å². The van der Waals surface area contributed by atoms with E-state index in [2.05, 4.69) is 72.8 Å². The maximum Gasteiger partial charge on any atom is 0.0645 e. The summed E-state index contributed by atoms with van der Waals surface area (Å²) in [5, 5.41) is 4.18. The van der Waals surface area contributed by atoms with Gasteiger partial charge < -0.3 is 4.90 Å². The molecule has 0 aromatic heterocycles. The molecule has 0 aliphatic carbocycles. The van der Waals surface area contributed by atoms with E-state index in [9.17, 15) is 5.48 Å². The molecule has 0 aliphatic rings. The summed E-state index contributed by atoms with van der Waals surface area (Å²) in [6.07, 6.45) is 0. The van der Waals surface area contributed by atoms with Gasteiger partial charge in [-0.15, -0.1) is 0 Å². The predicted molar refractivity (Wildman–Crippen MR) is 218 cm³/mol. The van der Waals surface area contributed by atoms with E-state index in [0.29, 0.717) is 5.56 Å². The summed E-state index contributed by atoms with van der Waals surface area (Å²) in [5.74, 6) is 0. The second-order valence-electron chi connectivity index (χ2n) is 12.7. The Hall–Kier alpha value is -6.70. The van der Waals surface area contributed by atoms with Crippen LogP contribution in [0.4, 0.5) is 17.1 Å². The average molecular weight is 654 g/mol. The molecule has 0 aliphatic heterocycles. The summed E-state index contributed by atoms with van der Waals surface area (Å²) in [5.41, 5.74) is 8.96. The molecule has 0 atom stereocenters. The van der Waals surface area contributed by atoms with Crippen molar-refractivity contribution in [2.75, 3.05) is 4.90 Å². The zero-order chi connectivity index (χ0) is 37.5. The molecule has 0 unspecified atom stereocenters. The monoisotopic (exact) mass is 653 g/mol. The lowest BCUT2D eigenvalue weighted by atomic mass is 9.95. The summed E-state index contributed by atoms with van der Waals surface area (Å²) in [7, 11) is 0. The molecule has 9 aromatic rings. The number of benzene rings is 9. The molecule has 9 rings (SSSR count). The Morgan fingerprint density at radius 1 is 0.314 bits per heavy atom. The lowest BCUT2D eigenvalue weighted by Gasteiger charge is -2.27. The quantitative estimate of drug-likeness (QED) is 0.165. The van der Waals surface area contributed by atoms with Crippen molar-refractivity contribution < 1.29 is 5.48 Å². The summed E-state index contributed by atoms with van der Waals surface area (Å²) in [4.78, 5) is 1.88. The van der Waals surface area contributed by atoms with Crippen LogP contribution in [0.1, 0.15) is 5.48 Å². The fraction of sp³-hybridized carbons (Fsp3) is 0. The minimum absolute atomic E-state index is 0.0920. The van der Waals surface area contributed by atoms with Gasteiger partial charge in [-0.05, 0) is 103 Å². The van der Waals surface area contributed by atoms with Crippen molar-refractivity contribution in [3.63, 3.8) is 0 Å². The van der Waals surface area contributed by atoms with E-state index in [1.54, 1.807) is 0 Å². The Balaban J connectivity index is 1.18. The first-order valence-electron chi connectivity index (χ1n) is 19.2. The Bertz CT molecular complexity index is 2830. The lowest BCUT2D eigenvalue weighted by molar-refractivity contribution is 1.30. The summed E-state index contributed by atoms with van der Waals surface area (Å²) in [6.45, 7) is 0. The van der Waals surface area contributed by atoms with Crippen molar-refractivity contribution in [2.24, 2.45) is 0 Å². The molecule has 0 spiro atoms. The molecule has 0 bridgehead atoms. The third kappa shape index (κ3) is 5.96. The largest absolute Gasteiger partial charge is 0.310 e. The van der Waals surface area contributed by atoms with Gasteiger partial charge in [-0.25, -0.2) is 0 Å².